The molecule has 0 spiro atoms. The van der Waals surface area contributed by atoms with E-state index in [2.05, 4.69) is 54.0 Å². The number of rotatable bonds is 5. The number of hydrogen-bond acceptors (Lipinski definition) is 4. The van der Waals surface area contributed by atoms with Crippen LogP contribution in [0.5, 0.6) is 0 Å². The van der Waals surface area contributed by atoms with Gasteiger partial charge in [0.15, 0.2) is 5.82 Å². The molecule has 0 saturated carbocycles. The van der Waals surface area contributed by atoms with E-state index in [9.17, 15) is 4.79 Å². The first-order valence-corrected chi connectivity index (χ1v) is 7.78. The van der Waals surface area contributed by atoms with E-state index in [-0.39, 0.29) is 12.3 Å². The molecule has 1 aromatic heterocycles. The third-order valence-corrected chi connectivity index (χ3v) is 4.07. The van der Waals surface area contributed by atoms with E-state index in [0.717, 1.165) is 13.6 Å². The first kappa shape index (κ1) is 15.4. The van der Waals surface area contributed by atoms with E-state index in [0.29, 0.717) is 12.4 Å². The molecule has 1 heterocycles. The van der Waals surface area contributed by atoms with Crippen LogP contribution in [0.25, 0.3) is 11.4 Å². The SMILES string of the molecule is CC(CC(=O)O)Cn1nnnc1-c1cc(I)ccc1Br. The Morgan fingerprint density at radius 1 is 1.55 bits per heavy atom. The van der Waals surface area contributed by atoms with Crippen molar-refractivity contribution in [3.63, 3.8) is 0 Å². The largest absolute Gasteiger partial charge is 0.481 e. The molecule has 0 bridgehead atoms. The van der Waals surface area contributed by atoms with Gasteiger partial charge < -0.3 is 5.11 Å². The number of carbonyl (C=O) groups is 1. The summed E-state index contributed by atoms with van der Waals surface area (Å²) < 4.78 is 3.62. The smallest absolute Gasteiger partial charge is 0.303 e. The van der Waals surface area contributed by atoms with E-state index in [4.69, 9.17) is 5.11 Å². The molecule has 2 rings (SSSR count). The van der Waals surface area contributed by atoms with Crippen molar-refractivity contribution >= 4 is 44.5 Å². The molecule has 0 fully saturated rings. The summed E-state index contributed by atoms with van der Waals surface area (Å²) in [7, 11) is 0. The van der Waals surface area contributed by atoms with E-state index >= 15 is 0 Å². The minimum absolute atomic E-state index is 0.0451. The van der Waals surface area contributed by atoms with Crippen molar-refractivity contribution in [2.75, 3.05) is 0 Å². The van der Waals surface area contributed by atoms with Crippen LogP contribution in [0.15, 0.2) is 22.7 Å². The molecule has 106 valence electrons. The van der Waals surface area contributed by atoms with Crippen LogP contribution >= 0.6 is 38.5 Å². The number of carboxylic acid groups (broad SMARTS) is 1. The molecule has 0 aliphatic heterocycles. The van der Waals surface area contributed by atoms with Crippen LogP contribution in [0.4, 0.5) is 0 Å². The lowest BCUT2D eigenvalue weighted by atomic mass is 10.1. The van der Waals surface area contributed by atoms with Gasteiger partial charge in [-0.1, -0.05) is 22.9 Å². The van der Waals surface area contributed by atoms with Crippen molar-refractivity contribution in [2.45, 2.75) is 19.9 Å². The van der Waals surface area contributed by atoms with Gasteiger partial charge in [0, 0.05) is 26.6 Å². The summed E-state index contributed by atoms with van der Waals surface area (Å²) in [4.78, 5) is 10.7. The standard InChI is InChI=1S/C12H12BrIN4O2/c1-7(4-11(19)20)6-18-12(15-16-17-18)9-5-8(14)2-3-10(9)13/h2-3,5,7H,4,6H2,1H3,(H,19,20). The number of carboxylic acids is 1. The Balaban J connectivity index is 2.28. The fourth-order valence-electron chi connectivity index (χ4n) is 1.85. The molecule has 0 radical (unpaired) electrons. The van der Waals surface area contributed by atoms with Gasteiger partial charge in [-0.25, -0.2) is 4.68 Å². The second-order valence-electron chi connectivity index (χ2n) is 4.51. The van der Waals surface area contributed by atoms with Crippen LogP contribution in [0.3, 0.4) is 0 Å². The second-order valence-corrected chi connectivity index (χ2v) is 6.61. The van der Waals surface area contributed by atoms with E-state index in [1.165, 1.54) is 0 Å². The Morgan fingerprint density at radius 2 is 2.30 bits per heavy atom. The van der Waals surface area contributed by atoms with Gasteiger partial charge >= 0.3 is 5.97 Å². The third kappa shape index (κ3) is 3.75. The highest BCUT2D eigenvalue weighted by molar-refractivity contribution is 14.1. The lowest BCUT2D eigenvalue weighted by Crippen LogP contribution is -2.14. The lowest BCUT2D eigenvalue weighted by molar-refractivity contribution is -0.138. The average Bonchev–Trinajstić information content (AvgIpc) is 2.79. The Kier molecular flexibility index (Phi) is 5.08. The fraction of sp³-hybridized carbons (Fsp3) is 0.333. The maximum atomic E-state index is 10.7. The number of aromatic nitrogens is 4. The summed E-state index contributed by atoms with van der Waals surface area (Å²) in [5.41, 5.74) is 0.893. The fourth-order valence-corrected chi connectivity index (χ4v) is 2.76. The number of aliphatic carboxylic acids is 1. The van der Waals surface area contributed by atoms with Gasteiger partial charge in [0.1, 0.15) is 0 Å². The van der Waals surface area contributed by atoms with Crippen LogP contribution in [0.1, 0.15) is 13.3 Å². The van der Waals surface area contributed by atoms with Crippen molar-refractivity contribution in [1.29, 1.82) is 0 Å². The molecule has 1 N–H and O–H groups in total. The summed E-state index contributed by atoms with van der Waals surface area (Å²) in [6, 6.07) is 5.90. The first-order chi connectivity index (χ1) is 9.47. The number of nitrogens with zero attached hydrogens (tertiary/aromatic N) is 4. The predicted molar refractivity (Wildman–Crippen MR) is 85.1 cm³/mol. The van der Waals surface area contributed by atoms with Crippen molar-refractivity contribution in [3.8, 4) is 11.4 Å². The third-order valence-electron chi connectivity index (χ3n) is 2.71. The van der Waals surface area contributed by atoms with Crippen LogP contribution in [-0.4, -0.2) is 31.3 Å². The van der Waals surface area contributed by atoms with Gasteiger partial charge in [-0.2, -0.15) is 0 Å². The molecule has 20 heavy (non-hydrogen) atoms. The van der Waals surface area contributed by atoms with Crippen LogP contribution in [0.2, 0.25) is 0 Å². The Morgan fingerprint density at radius 3 is 3.00 bits per heavy atom. The molecule has 0 aliphatic rings. The Hall–Kier alpha value is -1.03. The Bertz CT molecular complexity index is 632. The molecule has 1 atom stereocenters. The van der Waals surface area contributed by atoms with E-state index in [1.54, 1.807) is 4.68 Å². The number of hydrogen-bond donors (Lipinski definition) is 1. The Labute approximate surface area is 137 Å². The molecule has 6 nitrogen and oxygen atoms in total. The number of halogens is 2. The van der Waals surface area contributed by atoms with Gasteiger partial charge in [-0.3, -0.25) is 4.79 Å². The van der Waals surface area contributed by atoms with Crippen molar-refractivity contribution in [2.24, 2.45) is 5.92 Å². The molecule has 8 heteroatoms. The van der Waals surface area contributed by atoms with Crippen molar-refractivity contribution in [1.82, 2.24) is 20.2 Å². The minimum atomic E-state index is -0.817. The molecule has 0 amide bonds. The molecular formula is C12H12BrIN4O2. The zero-order valence-electron chi connectivity index (χ0n) is 10.6. The molecular weight excluding hydrogens is 439 g/mol. The zero-order chi connectivity index (χ0) is 14.7. The van der Waals surface area contributed by atoms with Crippen LogP contribution < -0.4 is 0 Å². The van der Waals surface area contributed by atoms with Crippen LogP contribution in [-0.2, 0) is 11.3 Å². The van der Waals surface area contributed by atoms with Gasteiger partial charge in [0.25, 0.3) is 0 Å². The normalized spacial score (nSPS) is 12.3. The maximum absolute atomic E-state index is 10.7. The summed E-state index contributed by atoms with van der Waals surface area (Å²) in [6.07, 6.45) is 0.0901. The monoisotopic (exact) mass is 450 g/mol. The van der Waals surface area contributed by atoms with Crippen molar-refractivity contribution < 1.29 is 9.90 Å². The molecule has 2 aromatic rings. The highest BCUT2D eigenvalue weighted by Gasteiger charge is 2.16. The van der Waals surface area contributed by atoms with Gasteiger partial charge in [-0.05, 0) is 57.1 Å². The number of tetrazole rings is 1. The number of benzene rings is 1. The summed E-state index contributed by atoms with van der Waals surface area (Å²) >= 11 is 5.71. The second kappa shape index (κ2) is 6.61. The van der Waals surface area contributed by atoms with Crippen molar-refractivity contribution in [3.05, 3.63) is 26.2 Å². The summed E-state index contributed by atoms with van der Waals surface area (Å²) in [6.45, 7) is 2.33. The predicted octanol–water partition coefficient (Wildman–Crippen LogP) is 2.82. The quantitative estimate of drug-likeness (QED) is 0.708. The lowest BCUT2D eigenvalue weighted by Gasteiger charge is -2.11. The van der Waals surface area contributed by atoms with Gasteiger partial charge in [0.05, 0.1) is 0 Å². The highest BCUT2D eigenvalue weighted by atomic mass is 127. The minimum Gasteiger partial charge on any atom is -0.481 e. The van der Waals surface area contributed by atoms with Gasteiger partial charge in [0.2, 0.25) is 0 Å². The highest BCUT2D eigenvalue weighted by Crippen LogP contribution is 2.28. The van der Waals surface area contributed by atoms with Gasteiger partial charge in [-0.15, -0.1) is 5.10 Å². The molecule has 0 aliphatic carbocycles. The summed E-state index contributed by atoms with van der Waals surface area (Å²) in [5.74, 6) is -0.230. The average molecular weight is 451 g/mol. The topological polar surface area (TPSA) is 80.9 Å². The maximum Gasteiger partial charge on any atom is 0.303 e. The van der Waals surface area contributed by atoms with E-state index < -0.39 is 5.97 Å². The molecule has 1 unspecified atom stereocenters. The summed E-state index contributed by atoms with van der Waals surface area (Å²) in [5, 5.41) is 20.5. The van der Waals surface area contributed by atoms with Crippen LogP contribution in [0, 0.1) is 9.49 Å². The first-order valence-electron chi connectivity index (χ1n) is 5.90. The zero-order valence-corrected chi connectivity index (χ0v) is 14.4. The molecule has 0 saturated heterocycles. The molecule has 1 aromatic carbocycles. The van der Waals surface area contributed by atoms with E-state index in [1.807, 2.05) is 25.1 Å².